The van der Waals surface area contributed by atoms with E-state index in [2.05, 4.69) is 5.10 Å². The minimum atomic E-state index is -0.591. The zero-order valence-corrected chi connectivity index (χ0v) is 10.4. The van der Waals surface area contributed by atoms with Crippen molar-refractivity contribution in [2.45, 2.75) is 25.1 Å². The third kappa shape index (κ3) is 2.07. The molecule has 2 rings (SSSR count). The van der Waals surface area contributed by atoms with Gasteiger partial charge in [-0.2, -0.15) is 5.10 Å². The molecule has 0 aromatic carbocycles. The second-order valence-corrected chi connectivity index (χ2v) is 4.67. The summed E-state index contributed by atoms with van der Waals surface area (Å²) < 4.78 is 1.69. The van der Waals surface area contributed by atoms with Crippen molar-refractivity contribution in [1.82, 2.24) is 14.7 Å². The van der Waals surface area contributed by atoms with Crippen LogP contribution in [0.5, 0.6) is 0 Å². The van der Waals surface area contributed by atoms with Gasteiger partial charge in [-0.15, -0.1) is 11.6 Å². The number of amides is 1. The molecule has 4 nitrogen and oxygen atoms in total. The molecule has 1 aliphatic rings. The number of alkyl halides is 1. The molecule has 1 saturated heterocycles. The van der Waals surface area contributed by atoms with Gasteiger partial charge in [0.2, 0.25) is 5.91 Å². The van der Waals surface area contributed by atoms with E-state index in [1.807, 2.05) is 25.1 Å². The Balaban J connectivity index is 2.14. The summed E-state index contributed by atoms with van der Waals surface area (Å²) >= 11 is 6.21. The molecule has 0 spiro atoms. The highest BCUT2D eigenvalue weighted by Gasteiger charge is 2.28. The number of hydrogen-bond donors (Lipinski definition) is 0. The predicted molar refractivity (Wildman–Crippen MR) is 62.4 cm³/mol. The molecule has 1 amide bonds. The van der Waals surface area contributed by atoms with Crippen LogP contribution in [0.3, 0.4) is 0 Å². The second-order valence-electron chi connectivity index (χ2n) is 4.24. The number of aryl methyl sites for hydroxylation is 2. The van der Waals surface area contributed by atoms with Crippen LogP contribution in [0.15, 0.2) is 6.20 Å². The topological polar surface area (TPSA) is 38.1 Å². The smallest absolute Gasteiger partial charge is 0.245 e. The quantitative estimate of drug-likeness (QED) is 0.739. The molecule has 1 aromatic heterocycles. The predicted octanol–water partition coefficient (Wildman–Crippen LogP) is 1.63. The number of likely N-dealkylation sites (tertiary alicyclic amines) is 1. The number of carbonyl (C=O) groups is 1. The fourth-order valence-corrected chi connectivity index (χ4v) is 2.45. The number of hydrogen-bond acceptors (Lipinski definition) is 2. The van der Waals surface area contributed by atoms with Crippen molar-refractivity contribution in [1.29, 1.82) is 0 Å². The first-order valence-corrected chi connectivity index (χ1v) is 5.96. The zero-order chi connectivity index (χ0) is 11.7. The van der Waals surface area contributed by atoms with Gasteiger partial charge < -0.3 is 4.90 Å². The average molecular weight is 242 g/mol. The highest BCUT2D eigenvalue weighted by atomic mass is 35.5. The van der Waals surface area contributed by atoms with Crippen molar-refractivity contribution in [3.05, 3.63) is 17.5 Å². The Morgan fingerprint density at radius 3 is 2.62 bits per heavy atom. The molecule has 0 radical (unpaired) electrons. The first-order chi connectivity index (χ1) is 7.59. The van der Waals surface area contributed by atoms with Gasteiger partial charge in [0, 0.05) is 31.9 Å². The number of nitrogens with zero attached hydrogens (tertiary/aromatic N) is 3. The molecule has 5 heteroatoms. The van der Waals surface area contributed by atoms with Gasteiger partial charge in [0.15, 0.2) is 0 Å². The standard InChI is InChI=1S/C11H16ClN3O/c1-8-9(7-14(2)13-8)10(12)11(16)15-5-3-4-6-15/h7,10H,3-6H2,1-2H3. The molecule has 0 bridgehead atoms. The molecule has 2 heterocycles. The van der Waals surface area contributed by atoms with Crippen LogP contribution in [-0.4, -0.2) is 33.7 Å². The summed E-state index contributed by atoms with van der Waals surface area (Å²) in [5.41, 5.74) is 1.65. The molecule has 1 aromatic rings. The van der Waals surface area contributed by atoms with E-state index in [9.17, 15) is 4.79 Å². The summed E-state index contributed by atoms with van der Waals surface area (Å²) in [5, 5.41) is 3.61. The normalized spacial score (nSPS) is 17.8. The first kappa shape index (κ1) is 11.5. The van der Waals surface area contributed by atoms with Gasteiger partial charge in [0.1, 0.15) is 5.38 Å². The maximum absolute atomic E-state index is 12.1. The number of carbonyl (C=O) groups excluding carboxylic acids is 1. The summed E-state index contributed by atoms with van der Waals surface area (Å²) in [6.45, 7) is 3.55. The highest BCUT2D eigenvalue weighted by Crippen LogP contribution is 2.26. The molecular formula is C11H16ClN3O. The largest absolute Gasteiger partial charge is 0.341 e. The van der Waals surface area contributed by atoms with Gasteiger partial charge in [-0.05, 0) is 19.8 Å². The number of halogens is 1. The van der Waals surface area contributed by atoms with Crippen molar-refractivity contribution in [2.24, 2.45) is 7.05 Å². The van der Waals surface area contributed by atoms with E-state index in [0.717, 1.165) is 37.2 Å². The lowest BCUT2D eigenvalue weighted by Crippen LogP contribution is -2.30. The van der Waals surface area contributed by atoms with Crippen LogP contribution in [-0.2, 0) is 11.8 Å². The van der Waals surface area contributed by atoms with Crippen LogP contribution >= 0.6 is 11.6 Å². The van der Waals surface area contributed by atoms with Crippen molar-refractivity contribution in [3.63, 3.8) is 0 Å². The lowest BCUT2D eigenvalue weighted by molar-refractivity contribution is -0.129. The SMILES string of the molecule is Cc1nn(C)cc1C(Cl)C(=O)N1CCCC1. The fraction of sp³-hybridized carbons (Fsp3) is 0.636. The van der Waals surface area contributed by atoms with Crippen LogP contribution in [0, 0.1) is 6.92 Å². The molecule has 0 N–H and O–H groups in total. The van der Waals surface area contributed by atoms with E-state index in [0.29, 0.717) is 0 Å². The van der Waals surface area contributed by atoms with E-state index in [4.69, 9.17) is 11.6 Å². The Labute approximate surface area is 100 Å². The average Bonchev–Trinajstić information content (AvgIpc) is 2.85. The van der Waals surface area contributed by atoms with Crippen LogP contribution < -0.4 is 0 Å². The van der Waals surface area contributed by atoms with Crippen LogP contribution in [0.4, 0.5) is 0 Å². The number of aromatic nitrogens is 2. The second kappa shape index (κ2) is 4.45. The molecule has 1 unspecified atom stereocenters. The Kier molecular flexibility index (Phi) is 3.19. The van der Waals surface area contributed by atoms with Gasteiger partial charge in [-0.3, -0.25) is 9.48 Å². The highest BCUT2D eigenvalue weighted by molar-refractivity contribution is 6.30. The number of rotatable bonds is 2. The summed E-state index contributed by atoms with van der Waals surface area (Å²) in [6.07, 6.45) is 3.99. The molecule has 1 atom stereocenters. The third-order valence-corrected chi connectivity index (χ3v) is 3.38. The summed E-state index contributed by atoms with van der Waals surface area (Å²) in [4.78, 5) is 13.9. The molecule has 1 aliphatic heterocycles. The van der Waals surface area contributed by atoms with Crippen molar-refractivity contribution in [2.75, 3.05) is 13.1 Å². The minimum absolute atomic E-state index is 0.00951. The lowest BCUT2D eigenvalue weighted by Gasteiger charge is -2.18. The van der Waals surface area contributed by atoms with Crippen molar-refractivity contribution < 1.29 is 4.79 Å². The zero-order valence-electron chi connectivity index (χ0n) is 9.61. The fourth-order valence-electron chi connectivity index (χ4n) is 2.10. The Bertz CT molecular complexity index is 396. The molecule has 16 heavy (non-hydrogen) atoms. The Morgan fingerprint density at radius 1 is 1.50 bits per heavy atom. The third-order valence-electron chi connectivity index (χ3n) is 2.96. The maximum atomic E-state index is 12.1. The Morgan fingerprint density at radius 2 is 2.12 bits per heavy atom. The van der Waals surface area contributed by atoms with Crippen LogP contribution in [0.2, 0.25) is 0 Å². The maximum Gasteiger partial charge on any atom is 0.245 e. The van der Waals surface area contributed by atoms with Crippen LogP contribution in [0.1, 0.15) is 29.5 Å². The lowest BCUT2D eigenvalue weighted by atomic mass is 10.1. The summed E-state index contributed by atoms with van der Waals surface area (Å²) in [5.74, 6) is 0.00951. The van der Waals surface area contributed by atoms with E-state index in [-0.39, 0.29) is 5.91 Å². The van der Waals surface area contributed by atoms with Gasteiger partial charge >= 0.3 is 0 Å². The van der Waals surface area contributed by atoms with Gasteiger partial charge in [-0.1, -0.05) is 0 Å². The molecule has 88 valence electrons. The Hall–Kier alpha value is -1.03. The molecule has 0 aliphatic carbocycles. The molecule has 0 saturated carbocycles. The minimum Gasteiger partial charge on any atom is -0.341 e. The van der Waals surface area contributed by atoms with E-state index in [1.165, 1.54) is 0 Å². The van der Waals surface area contributed by atoms with Crippen LogP contribution in [0.25, 0.3) is 0 Å². The van der Waals surface area contributed by atoms with E-state index >= 15 is 0 Å². The first-order valence-electron chi connectivity index (χ1n) is 5.52. The van der Waals surface area contributed by atoms with Gasteiger partial charge in [0.25, 0.3) is 0 Å². The van der Waals surface area contributed by atoms with Crippen molar-refractivity contribution in [3.8, 4) is 0 Å². The summed E-state index contributed by atoms with van der Waals surface area (Å²) in [6, 6.07) is 0. The molecular weight excluding hydrogens is 226 g/mol. The monoisotopic (exact) mass is 241 g/mol. The van der Waals surface area contributed by atoms with Crippen molar-refractivity contribution >= 4 is 17.5 Å². The van der Waals surface area contributed by atoms with Gasteiger partial charge in [-0.25, -0.2) is 0 Å². The summed E-state index contributed by atoms with van der Waals surface area (Å²) in [7, 11) is 1.83. The molecule has 1 fully saturated rings. The van der Waals surface area contributed by atoms with Gasteiger partial charge in [0.05, 0.1) is 5.69 Å². The van der Waals surface area contributed by atoms with E-state index in [1.54, 1.807) is 4.68 Å². The van der Waals surface area contributed by atoms with E-state index < -0.39 is 5.38 Å².